The molecule has 0 saturated heterocycles. The molecular formula is C11H11F2N5. The predicted molar refractivity (Wildman–Crippen MR) is 62.6 cm³/mol. The Morgan fingerprint density at radius 3 is 2.78 bits per heavy atom. The zero-order valence-corrected chi connectivity index (χ0v) is 9.81. The molecule has 0 saturated carbocycles. The third-order valence-corrected chi connectivity index (χ3v) is 2.75. The Bertz CT molecular complexity index is 719. The quantitative estimate of drug-likeness (QED) is 0.664. The Labute approximate surface area is 101 Å². The van der Waals surface area contributed by atoms with Gasteiger partial charge in [-0.1, -0.05) is 0 Å². The number of hydrogen-bond donors (Lipinski definition) is 3. The summed E-state index contributed by atoms with van der Waals surface area (Å²) in [5.74, 6) is -1.16. The van der Waals surface area contributed by atoms with Gasteiger partial charge in [0, 0.05) is 6.07 Å². The second kappa shape index (κ2) is 3.18. The van der Waals surface area contributed by atoms with E-state index in [1.807, 2.05) is 13.8 Å². The van der Waals surface area contributed by atoms with Crippen LogP contribution in [-0.4, -0.2) is 15.3 Å². The van der Waals surface area contributed by atoms with Gasteiger partial charge in [-0.3, -0.25) is 10.8 Å². The third-order valence-electron chi connectivity index (χ3n) is 2.75. The van der Waals surface area contributed by atoms with Crippen LogP contribution >= 0.6 is 0 Å². The zero-order chi connectivity index (χ0) is 13.1. The monoisotopic (exact) mass is 251 g/mol. The largest absolute Gasteiger partial charge is 0.331 e. The van der Waals surface area contributed by atoms with Gasteiger partial charge in [-0.2, -0.15) is 0 Å². The summed E-state index contributed by atoms with van der Waals surface area (Å²) in [6.45, 7) is 3.70. The number of benzene rings is 1. The molecule has 7 heteroatoms. The Kier molecular flexibility index (Phi) is 1.93. The standard InChI is InChI=1S/C11H11F2N5/c1-11(2)16-10-15-8-6(9(14)18(10)17-11)3-5(12)4-7(8)13/h3-4,14,17H,1-2H3,(H,15,16). The smallest absolute Gasteiger partial charge is 0.226 e. The van der Waals surface area contributed by atoms with Gasteiger partial charge in [0.25, 0.3) is 0 Å². The number of fused-ring (bicyclic) bond motifs is 2. The minimum Gasteiger partial charge on any atom is -0.331 e. The molecule has 0 aliphatic carbocycles. The van der Waals surface area contributed by atoms with E-state index in [0.717, 1.165) is 12.1 Å². The van der Waals surface area contributed by atoms with Crippen LogP contribution in [0.1, 0.15) is 13.8 Å². The first-order valence-corrected chi connectivity index (χ1v) is 5.40. The van der Waals surface area contributed by atoms with Gasteiger partial charge in [0.05, 0.1) is 5.39 Å². The highest BCUT2D eigenvalue weighted by Crippen LogP contribution is 2.22. The Balaban J connectivity index is 2.40. The molecule has 3 rings (SSSR count). The molecule has 94 valence electrons. The topological polar surface area (TPSA) is 65.7 Å². The van der Waals surface area contributed by atoms with Crippen LogP contribution in [0.25, 0.3) is 10.9 Å². The van der Waals surface area contributed by atoms with Crippen molar-refractivity contribution in [1.29, 1.82) is 5.41 Å². The van der Waals surface area contributed by atoms with Crippen LogP contribution in [0.15, 0.2) is 12.1 Å². The van der Waals surface area contributed by atoms with E-state index in [2.05, 4.69) is 15.7 Å². The van der Waals surface area contributed by atoms with E-state index in [-0.39, 0.29) is 16.4 Å². The second-order valence-electron chi connectivity index (χ2n) is 4.77. The van der Waals surface area contributed by atoms with Crippen LogP contribution in [0.5, 0.6) is 0 Å². The van der Waals surface area contributed by atoms with Crippen LogP contribution in [0.4, 0.5) is 14.7 Å². The number of halogens is 2. The summed E-state index contributed by atoms with van der Waals surface area (Å²) >= 11 is 0. The molecule has 0 spiro atoms. The number of anilines is 1. The summed E-state index contributed by atoms with van der Waals surface area (Å²) in [5.41, 5.74) is 2.44. The van der Waals surface area contributed by atoms with E-state index >= 15 is 0 Å². The van der Waals surface area contributed by atoms with Crippen molar-refractivity contribution in [2.75, 3.05) is 10.7 Å². The van der Waals surface area contributed by atoms with Gasteiger partial charge in [0.1, 0.15) is 17.0 Å². The first-order chi connectivity index (χ1) is 8.37. The van der Waals surface area contributed by atoms with Gasteiger partial charge in [0.15, 0.2) is 11.3 Å². The van der Waals surface area contributed by atoms with Gasteiger partial charge in [0.2, 0.25) is 5.95 Å². The molecule has 0 bridgehead atoms. The minimum absolute atomic E-state index is 0.0142. The van der Waals surface area contributed by atoms with Crippen molar-refractivity contribution in [3.05, 3.63) is 29.3 Å². The lowest BCUT2D eigenvalue weighted by Gasteiger charge is -2.17. The predicted octanol–water partition coefficient (Wildman–Crippen LogP) is 1.50. The number of nitrogens with one attached hydrogen (secondary N) is 3. The molecule has 1 aromatic heterocycles. The van der Waals surface area contributed by atoms with Crippen molar-refractivity contribution >= 4 is 16.9 Å². The van der Waals surface area contributed by atoms with Crippen molar-refractivity contribution in [3.63, 3.8) is 0 Å². The Morgan fingerprint density at radius 2 is 2.06 bits per heavy atom. The lowest BCUT2D eigenvalue weighted by molar-refractivity contribution is 0.589. The summed E-state index contributed by atoms with van der Waals surface area (Å²) in [6, 6.07) is 1.87. The van der Waals surface area contributed by atoms with E-state index in [1.165, 1.54) is 4.68 Å². The van der Waals surface area contributed by atoms with Crippen LogP contribution in [0.3, 0.4) is 0 Å². The molecule has 2 heterocycles. The molecule has 18 heavy (non-hydrogen) atoms. The van der Waals surface area contributed by atoms with Crippen LogP contribution < -0.4 is 16.2 Å². The summed E-state index contributed by atoms with van der Waals surface area (Å²) in [6.07, 6.45) is 0. The molecule has 0 amide bonds. The first-order valence-electron chi connectivity index (χ1n) is 5.40. The van der Waals surface area contributed by atoms with Crippen molar-refractivity contribution < 1.29 is 8.78 Å². The van der Waals surface area contributed by atoms with Gasteiger partial charge in [-0.25, -0.2) is 18.4 Å². The molecule has 1 aliphatic rings. The molecule has 0 unspecified atom stereocenters. The highest BCUT2D eigenvalue weighted by molar-refractivity contribution is 5.79. The number of hydrogen-bond acceptors (Lipinski definition) is 4. The van der Waals surface area contributed by atoms with E-state index in [4.69, 9.17) is 5.41 Å². The SMILES string of the molecule is CC1(C)Nc2nc3c(F)cc(F)cc3c(=N)n2N1. The van der Waals surface area contributed by atoms with Crippen LogP contribution in [0.2, 0.25) is 0 Å². The highest BCUT2D eigenvalue weighted by atomic mass is 19.1. The van der Waals surface area contributed by atoms with Crippen LogP contribution in [0, 0.1) is 17.0 Å². The van der Waals surface area contributed by atoms with Gasteiger partial charge >= 0.3 is 0 Å². The van der Waals surface area contributed by atoms with E-state index in [1.54, 1.807) is 0 Å². The van der Waals surface area contributed by atoms with Gasteiger partial charge < -0.3 is 5.32 Å². The second-order valence-corrected chi connectivity index (χ2v) is 4.77. The molecule has 2 aromatic rings. The van der Waals surface area contributed by atoms with Crippen molar-refractivity contribution in [1.82, 2.24) is 9.66 Å². The van der Waals surface area contributed by atoms with Gasteiger partial charge in [-0.05, 0) is 19.9 Å². The maximum absolute atomic E-state index is 13.6. The van der Waals surface area contributed by atoms with Gasteiger partial charge in [-0.15, -0.1) is 0 Å². The maximum Gasteiger partial charge on any atom is 0.226 e. The third kappa shape index (κ3) is 1.43. The fourth-order valence-corrected chi connectivity index (χ4v) is 2.02. The fourth-order valence-electron chi connectivity index (χ4n) is 2.02. The number of rotatable bonds is 0. The average molecular weight is 251 g/mol. The van der Waals surface area contributed by atoms with Crippen molar-refractivity contribution in [2.24, 2.45) is 0 Å². The first kappa shape index (κ1) is 10.9. The molecule has 5 nitrogen and oxygen atoms in total. The normalized spacial score (nSPS) is 16.2. The Morgan fingerprint density at radius 1 is 1.33 bits per heavy atom. The Hall–Kier alpha value is -2.18. The lowest BCUT2D eigenvalue weighted by atomic mass is 10.2. The molecule has 0 atom stereocenters. The molecule has 0 fully saturated rings. The van der Waals surface area contributed by atoms with E-state index < -0.39 is 17.3 Å². The minimum atomic E-state index is -0.770. The zero-order valence-electron chi connectivity index (χ0n) is 9.81. The number of aromatic nitrogens is 2. The average Bonchev–Trinajstić information content (AvgIpc) is 2.56. The number of nitrogens with zero attached hydrogens (tertiary/aromatic N) is 2. The van der Waals surface area contributed by atoms with Crippen molar-refractivity contribution in [3.8, 4) is 0 Å². The van der Waals surface area contributed by atoms with E-state index in [9.17, 15) is 8.78 Å². The summed E-state index contributed by atoms with van der Waals surface area (Å²) in [4.78, 5) is 4.08. The molecule has 0 radical (unpaired) electrons. The summed E-state index contributed by atoms with van der Waals surface area (Å²) in [5, 5.41) is 11.1. The lowest BCUT2D eigenvalue weighted by Crippen LogP contribution is -2.39. The molecule has 1 aromatic carbocycles. The summed E-state index contributed by atoms with van der Waals surface area (Å²) in [7, 11) is 0. The molecule has 1 aliphatic heterocycles. The maximum atomic E-state index is 13.6. The molecule has 3 N–H and O–H groups in total. The van der Waals surface area contributed by atoms with Crippen molar-refractivity contribution in [2.45, 2.75) is 19.5 Å². The van der Waals surface area contributed by atoms with E-state index in [0.29, 0.717) is 5.95 Å². The summed E-state index contributed by atoms with van der Waals surface area (Å²) < 4.78 is 28.2. The van der Waals surface area contributed by atoms with Crippen LogP contribution in [-0.2, 0) is 0 Å². The highest BCUT2D eigenvalue weighted by Gasteiger charge is 2.28. The molecular weight excluding hydrogens is 240 g/mol. The fraction of sp³-hybridized carbons (Fsp3) is 0.273.